The summed E-state index contributed by atoms with van der Waals surface area (Å²) in [5, 5.41) is 30.6. The second-order valence-electron chi connectivity index (χ2n) is 13.3. The molecule has 2 amide bonds. The number of aliphatic hydroxyl groups excluding tert-OH is 2. The quantitative estimate of drug-likeness (QED) is 0.339. The molecular formula is C32H39Cl2N3O5. The second kappa shape index (κ2) is 11.1. The van der Waals surface area contributed by atoms with E-state index in [2.05, 4.69) is 29.8 Å². The highest BCUT2D eigenvalue weighted by Gasteiger charge is 2.72. The maximum Gasteiger partial charge on any atom is 0.238 e. The van der Waals surface area contributed by atoms with Crippen LogP contribution in [0.2, 0.25) is 10.0 Å². The Morgan fingerprint density at radius 2 is 1.81 bits per heavy atom. The highest BCUT2D eigenvalue weighted by atomic mass is 35.5. The Hall–Kier alpha value is -2.20. The number of aliphatic hydroxyl groups is 2. The van der Waals surface area contributed by atoms with Crippen LogP contribution in [-0.4, -0.2) is 59.0 Å². The number of hydrogen-bond donors (Lipinski definition) is 5. The van der Waals surface area contributed by atoms with Crippen LogP contribution in [0.3, 0.4) is 0 Å². The van der Waals surface area contributed by atoms with Gasteiger partial charge in [-0.15, -0.1) is 0 Å². The van der Waals surface area contributed by atoms with E-state index in [1.807, 2.05) is 18.2 Å². The van der Waals surface area contributed by atoms with Crippen LogP contribution in [0.4, 0.5) is 5.69 Å². The Labute approximate surface area is 256 Å². The molecule has 226 valence electrons. The summed E-state index contributed by atoms with van der Waals surface area (Å²) in [6, 6.07) is 9.92. The van der Waals surface area contributed by atoms with Crippen LogP contribution >= 0.6 is 23.2 Å². The average molecular weight is 617 g/mol. The van der Waals surface area contributed by atoms with Crippen LogP contribution in [0, 0.1) is 5.41 Å². The first-order valence-electron chi connectivity index (χ1n) is 14.8. The zero-order valence-electron chi connectivity index (χ0n) is 24.0. The minimum atomic E-state index is -1.13. The summed E-state index contributed by atoms with van der Waals surface area (Å²) in [5.41, 5.74) is 1.07. The third-order valence-corrected chi connectivity index (χ3v) is 10.6. The first-order valence-corrected chi connectivity index (χ1v) is 15.6. The van der Waals surface area contributed by atoms with Gasteiger partial charge in [-0.1, -0.05) is 49.2 Å². The van der Waals surface area contributed by atoms with E-state index in [0.717, 1.165) is 24.0 Å². The normalized spacial score (nSPS) is 31.2. The highest BCUT2D eigenvalue weighted by Crippen LogP contribution is 2.63. The lowest BCUT2D eigenvalue weighted by molar-refractivity contribution is -0.126. The molecule has 1 aliphatic carbocycles. The number of halogens is 2. The molecule has 2 saturated heterocycles. The number of hydrogen-bond acceptors (Lipinski definition) is 6. The number of nitrogens with one attached hydrogen (secondary N) is 3. The monoisotopic (exact) mass is 615 g/mol. The van der Waals surface area contributed by atoms with Gasteiger partial charge in [0.1, 0.15) is 5.41 Å². The first-order chi connectivity index (χ1) is 20.0. The summed E-state index contributed by atoms with van der Waals surface area (Å²) in [6.45, 7) is 4.54. The van der Waals surface area contributed by atoms with Gasteiger partial charge in [-0.2, -0.15) is 0 Å². The van der Waals surface area contributed by atoms with Crippen molar-refractivity contribution in [2.75, 3.05) is 18.5 Å². The van der Waals surface area contributed by atoms with Crippen molar-refractivity contribution in [3.05, 3.63) is 63.1 Å². The summed E-state index contributed by atoms with van der Waals surface area (Å²) in [7, 11) is 0. The van der Waals surface area contributed by atoms with Gasteiger partial charge in [-0.25, -0.2) is 0 Å². The fourth-order valence-corrected chi connectivity index (χ4v) is 8.42. The van der Waals surface area contributed by atoms with Gasteiger partial charge in [0.2, 0.25) is 11.8 Å². The lowest BCUT2D eigenvalue weighted by Gasteiger charge is -2.50. The number of amides is 2. The molecule has 0 aromatic heterocycles. The molecule has 0 bridgehead atoms. The van der Waals surface area contributed by atoms with Crippen LogP contribution < -0.4 is 16.0 Å². The van der Waals surface area contributed by atoms with Crippen LogP contribution in [-0.2, 0) is 26.3 Å². The Morgan fingerprint density at radius 1 is 1.05 bits per heavy atom. The predicted molar refractivity (Wildman–Crippen MR) is 162 cm³/mol. The van der Waals surface area contributed by atoms with Gasteiger partial charge < -0.3 is 25.6 Å². The minimum Gasteiger partial charge on any atom is -0.394 e. The molecule has 2 spiro atoms. The van der Waals surface area contributed by atoms with Crippen LogP contribution in [0.15, 0.2) is 36.4 Å². The molecule has 8 nitrogen and oxygen atoms in total. The van der Waals surface area contributed by atoms with Gasteiger partial charge in [0.05, 0.1) is 38.0 Å². The Morgan fingerprint density at radius 3 is 2.48 bits per heavy atom. The van der Waals surface area contributed by atoms with Crippen LogP contribution in [0.25, 0.3) is 0 Å². The number of fused-ring (bicyclic) bond motifs is 3. The van der Waals surface area contributed by atoms with E-state index in [4.69, 9.17) is 27.9 Å². The predicted octanol–water partition coefficient (Wildman–Crippen LogP) is 4.43. The van der Waals surface area contributed by atoms with Crippen molar-refractivity contribution in [1.29, 1.82) is 0 Å². The summed E-state index contributed by atoms with van der Waals surface area (Å²) in [5.74, 6) is -0.998. The van der Waals surface area contributed by atoms with Gasteiger partial charge in [-0.3, -0.25) is 14.9 Å². The summed E-state index contributed by atoms with van der Waals surface area (Å²) < 4.78 is 5.75. The molecule has 3 heterocycles. The fourth-order valence-electron chi connectivity index (χ4n) is 7.99. The first kappa shape index (κ1) is 29.9. The van der Waals surface area contributed by atoms with Crippen molar-refractivity contribution in [3.8, 4) is 0 Å². The zero-order valence-corrected chi connectivity index (χ0v) is 25.5. The van der Waals surface area contributed by atoms with Gasteiger partial charge in [-0.05, 0) is 84.9 Å². The fraction of sp³-hybridized carbons (Fsp3) is 0.562. The van der Waals surface area contributed by atoms with E-state index in [1.54, 1.807) is 18.2 Å². The summed E-state index contributed by atoms with van der Waals surface area (Å²) >= 11 is 13.0. The minimum absolute atomic E-state index is 0.0468. The maximum absolute atomic E-state index is 14.6. The summed E-state index contributed by atoms with van der Waals surface area (Å²) in [4.78, 5) is 28.9. The molecule has 0 radical (unpaired) electrons. The van der Waals surface area contributed by atoms with E-state index < -0.39 is 22.9 Å². The lowest BCUT2D eigenvalue weighted by atomic mass is 9.53. The Balaban J connectivity index is 1.51. The molecule has 1 saturated carbocycles. The Kier molecular flexibility index (Phi) is 7.86. The van der Waals surface area contributed by atoms with Crippen LogP contribution in [0.5, 0.6) is 0 Å². The van der Waals surface area contributed by atoms with Gasteiger partial charge in [0, 0.05) is 27.2 Å². The lowest BCUT2D eigenvalue weighted by Crippen LogP contribution is -2.61. The van der Waals surface area contributed by atoms with Crippen molar-refractivity contribution in [1.82, 2.24) is 10.6 Å². The molecule has 2 aromatic rings. The smallest absolute Gasteiger partial charge is 0.238 e. The van der Waals surface area contributed by atoms with Crippen molar-refractivity contribution in [2.24, 2.45) is 5.41 Å². The standard InChI is InChI=1S/C32H39Cl2N3O5/c1-30(2)7-9-31(10-8-30)32(24-6-3-20(33)14-25(24)36-29(32)41)26(19-11-18(15-38)12-21(34)13-19)27(37-31)28(40)35-22-4-5-23(16-39)42-17-22/h3,6,11-14,22-23,26-27,37-39H,4-5,7-10,15-17H2,1-2H3,(H,35,40)(H,36,41)/t22-,23+,26+,27-,32-/m1/s1. The maximum atomic E-state index is 14.6. The van der Waals surface area contributed by atoms with E-state index in [0.29, 0.717) is 53.6 Å². The molecule has 3 fully saturated rings. The highest BCUT2D eigenvalue weighted by molar-refractivity contribution is 6.31. The topological polar surface area (TPSA) is 120 Å². The molecular weight excluding hydrogens is 577 g/mol. The van der Waals surface area contributed by atoms with Gasteiger partial charge >= 0.3 is 0 Å². The molecule has 0 unspecified atom stereocenters. The molecule has 2 aromatic carbocycles. The molecule has 5 atom stereocenters. The van der Waals surface area contributed by atoms with Crippen LogP contribution in [0.1, 0.15) is 75.0 Å². The number of carbonyl (C=O) groups excluding carboxylic acids is 2. The molecule has 10 heteroatoms. The number of ether oxygens (including phenoxy) is 1. The van der Waals surface area contributed by atoms with Crippen molar-refractivity contribution < 1.29 is 24.5 Å². The number of anilines is 1. The zero-order chi connectivity index (χ0) is 29.9. The molecule has 3 aliphatic heterocycles. The SMILES string of the molecule is CC1(C)CCC2(CC1)N[C@@H](C(=O)N[C@@H]1CC[C@@H](CO)OC1)[C@H](c1cc(Cl)cc(CO)c1)[C@]21C(=O)Nc2cc(Cl)ccc21. The number of benzene rings is 2. The van der Waals surface area contributed by atoms with E-state index >= 15 is 0 Å². The molecule has 5 N–H and O–H groups in total. The summed E-state index contributed by atoms with van der Waals surface area (Å²) in [6.07, 6.45) is 4.29. The van der Waals surface area contributed by atoms with E-state index in [1.165, 1.54) is 0 Å². The largest absolute Gasteiger partial charge is 0.394 e. The number of rotatable bonds is 5. The van der Waals surface area contributed by atoms with Crippen molar-refractivity contribution >= 4 is 40.7 Å². The molecule has 42 heavy (non-hydrogen) atoms. The van der Waals surface area contributed by atoms with Gasteiger partial charge in [0.25, 0.3) is 0 Å². The van der Waals surface area contributed by atoms with E-state index in [9.17, 15) is 19.8 Å². The average Bonchev–Trinajstić information content (AvgIpc) is 3.42. The Bertz CT molecular complexity index is 1380. The number of carbonyl (C=O) groups is 2. The third-order valence-electron chi connectivity index (χ3n) is 10.2. The van der Waals surface area contributed by atoms with Crippen molar-refractivity contribution in [3.63, 3.8) is 0 Å². The second-order valence-corrected chi connectivity index (χ2v) is 14.1. The molecule has 4 aliphatic rings. The third kappa shape index (κ3) is 4.84. The molecule has 6 rings (SSSR count). The van der Waals surface area contributed by atoms with E-state index in [-0.39, 0.29) is 42.6 Å². The van der Waals surface area contributed by atoms with Gasteiger partial charge in [0.15, 0.2) is 0 Å². The van der Waals surface area contributed by atoms with Crippen molar-refractivity contribution in [2.45, 2.75) is 94.0 Å².